The lowest BCUT2D eigenvalue weighted by Gasteiger charge is -2.22. The van der Waals surface area contributed by atoms with Crippen molar-refractivity contribution in [3.8, 4) is 5.88 Å². The molecule has 7 nitrogen and oxygen atoms in total. The summed E-state index contributed by atoms with van der Waals surface area (Å²) in [6, 6.07) is 5.45. The highest BCUT2D eigenvalue weighted by Crippen LogP contribution is 2.41. The number of hydrogen-bond acceptors (Lipinski definition) is 4. The van der Waals surface area contributed by atoms with Crippen LogP contribution in [0.5, 0.6) is 5.88 Å². The standard InChI is InChI=1S/C25H31ClN4O3/c1-4-30(5-2)13-16(31)12-27-24(32)21-14(3)28-23-17(21)7-6-8-18(23)22-19-11-15(26)9-10-20(19)29-25(22)33/h8-11,16,28-29,31,33H,4-7,12-13H2,1-3H3,(H,27,32). The van der Waals surface area contributed by atoms with E-state index in [9.17, 15) is 15.0 Å². The Labute approximate surface area is 198 Å². The Morgan fingerprint density at radius 3 is 2.76 bits per heavy atom. The predicted octanol–water partition coefficient (Wildman–Crippen LogP) is 3.97. The van der Waals surface area contributed by atoms with Crippen LogP contribution in [0.15, 0.2) is 24.3 Å². The van der Waals surface area contributed by atoms with Crippen LogP contribution in [0.25, 0.3) is 16.5 Å². The second-order valence-corrected chi connectivity index (χ2v) is 8.96. The Balaban J connectivity index is 1.61. The van der Waals surface area contributed by atoms with Gasteiger partial charge in [-0.2, -0.15) is 0 Å². The molecule has 8 heteroatoms. The van der Waals surface area contributed by atoms with Crippen molar-refractivity contribution in [2.45, 2.75) is 39.7 Å². The number of aryl methyl sites for hydroxylation is 1. The van der Waals surface area contributed by atoms with Crippen molar-refractivity contribution in [3.63, 3.8) is 0 Å². The number of H-pyrrole nitrogens is 2. The molecule has 1 aliphatic carbocycles. The quantitative estimate of drug-likeness (QED) is 0.343. The molecule has 0 aliphatic heterocycles. The molecule has 0 saturated carbocycles. The van der Waals surface area contributed by atoms with Crippen molar-refractivity contribution in [2.75, 3.05) is 26.2 Å². The summed E-state index contributed by atoms with van der Waals surface area (Å²) in [6.07, 6.45) is 2.92. The number of nitrogens with one attached hydrogen (secondary N) is 3. The van der Waals surface area contributed by atoms with Crippen LogP contribution >= 0.6 is 11.6 Å². The van der Waals surface area contributed by atoms with Gasteiger partial charge in [0.1, 0.15) is 0 Å². The summed E-state index contributed by atoms with van der Waals surface area (Å²) in [5.41, 5.74) is 5.47. The summed E-state index contributed by atoms with van der Waals surface area (Å²) in [7, 11) is 0. The van der Waals surface area contributed by atoms with Crippen LogP contribution in [0, 0.1) is 6.92 Å². The monoisotopic (exact) mass is 470 g/mol. The molecule has 33 heavy (non-hydrogen) atoms. The minimum Gasteiger partial charge on any atom is -0.494 e. The van der Waals surface area contributed by atoms with Gasteiger partial charge in [-0.15, -0.1) is 0 Å². The summed E-state index contributed by atoms with van der Waals surface area (Å²) in [6.45, 7) is 8.40. The molecule has 2 heterocycles. The number of amides is 1. The van der Waals surface area contributed by atoms with E-state index in [0.29, 0.717) is 22.7 Å². The fourth-order valence-electron chi connectivity index (χ4n) is 4.72. The topological polar surface area (TPSA) is 104 Å². The third-order valence-corrected chi connectivity index (χ3v) is 6.64. The number of carbonyl (C=O) groups excluding carboxylic acids is 1. The van der Waals surface area contributed by atoms with Gasteiger partial charge in [-0.05, 0) is 56.6 Å². The van der Waals surface area contributed by atoms with E-state index >= 15 is 0 Å². The Morgan fingerprint density at radius 1 is 1.27 bits per heavy atom. The van der Waals surface area contributed by atoms with Gasteiger partial charge in [-0.3, -0.25) is 4.79 Å². The first kappa shape index (κ1) is 23.4. The zero-order chi connectivity index (χ0) is 23.7. The van der Waals surface area contributed by atoms with Gasteiger partial charge in [0.2, 0.25) is 0 Å². The van der Waals surface area contributed by atoms with Gasteiger partial charge >= 0.3 is 0 Å². The zero-order valence-electron chi connectivity index (χ0n) is 19.3. The maximum atomic E-state index is 13.1. The first-order chi connectivity index (χ1) is 15.8. The Hall–Kier alpha value is -2.74. The molecule has 1 aromatic carbocycles. The van der Waals surface area contributed by atoms with Crippen LogP contribution in [0.3, 0.4) is 0 Å². The molecule has 1 unspecified atom stereocenters. The molecular formula is C25H31ClN4O3. The number of likely N-dealkylation sites (N-methyl/N-ethyl adjacent to an activating group) is 1. The molecule has 4 rings (SSSR count). The van der Waals surface area contributed by atoms with E-state index in [1.165, 1.54) is 0 Å². The minimum atomic E-state index is -0.632. The lowest BCUT2D eigenvalue weighted by Crippen LogP contribution is -2.40. The van der Waals surface area contributed by atoms with Crippen molar-refractivity contribution in [2.24, 2.45) is 0 Å². The third-order valence-electron chi connectivity index (χ3n) is 6.40. The number of allylic oxidation sites excluding steroid dienone is 1. The second kappa shape index (κ2) is 9.63. The molecule has 2 aromatic heterocycles. The van der Waals surface area contributed by atoms with E-state index in [-0.39, 0.29) is 18.3 Å². The SMILES string of the molecule is CCN(CC)CC(O)CNC(=O)c1c(C)[nH]c2c1CCC=C2c1c(O)[nH]c2ccc(Cl)cc12. The number of halogens is 1. The fraction of sp³-hybridized carbons (Fsp3) is 0.400. The number of hydrogen-bond donors (Lipinski definition) is 5. The van der Waals surface area contributed by atoms with Gasteiger partial charge in [-0.25, -0.2) is 0 Å². The normalized spacial score (nSPS) is 14.4. The highest BCUT2D eigenvalue weighted by atomic mass is 35.5. The summed E-state index contributed by atoms with van der Waals surface area (Å²) in [5, 5.41) is 25.3. The van der Waals surface area contributed by atoms with E-state index in [0.717, 1.165) is 59.4 Å². The summed E-state index contributed by atoms with van der Waals surface area (Å²) < 4.78 is 0. The van der Waals surface area contributed by atoms with E-state index in [1.807, 2.05) is 19.1 Å². The average Bonchev–Trinajstić information content (AvgIpc) is 3.30. The lowest BCUT2D eigenvalue weighted by molar-refractivity contribution is 0.0868. The summed E-state index contributed by atoms with van der Waals surface area (Å²) in [5.74, 6) is -0.125. The van der Waals surface area contributed by atoms with Gasteiger partial charge in [-0.1, -0.05) is 31.5 Å². The molecular weight excluding hydrogens is 440 g/mol. The van der Waals surface area contributed by atoms with Gasteiger partial charge in [0.05, 0.1) is 22.9 Å². The number of benzene rings is 1. The van der Waals surface area contributed by atoms with E-state index in [2.05, 4.69) is 40.1 Å². The molecule has 0 saturated heterocycles. The minimum absolute atomic E-state index is 0.0733. The van der Waals surface area contributed by atoms with E-state index < -0.39 is 6.10 Å². The number of aliphatic hydroxyl groups excluding tert-OH is 1. The molecule has 1 amide bonds. The van der Waals surface area contributed by atoms with Gasteiger partial charge in [0.15, 0.2) is 5.88 Å². The molecule has 0 bridgehead atoms. The van der Waals surface area contributed by atoms with Crippen molar-refractivity contribution >= 4 is 34.0 Å². The molecule has 176 valence electrons. The van der Waals surface area contributed by atoms with Crippen molar-refractivity contribution in [1.29, 1.82) is 0 Å². The van der Waals surface area contributed by atoms with Crippen molar-refractivity contribution in [3.05, 3.63) is 57.4 Å². The molecule has 3 aromatic rings. The van der Waals surface area contributed by atoms with Crippen molar-refractivity contribution < 1.29 is 15.0 Å². The largest absolute Gasteiger partial charge is 0.494 e. The first-order valence-corrected chi connectivity index (χ1v) is 11.8. The number of aliphatic hydroxyl groups is 1. The van der Waals surface area contributed by atoms with Gasteiger partial charge in [0.25, 0.3) is 5.91 Å². The Morgan fingerprint density at radius 2 is 2.03 bits per heavy atom. The number of aromatic hydroxyl groups is 1. The van der Waals surface area contributed by atoms with Crippen LogP contribution in [0.2, 0.25) is 5.02 Å². The lowest BCUT2D eigenvalue weighted by atomic mass is 9.89. The van der Waals surface area contributed by atoms with Crippen LogP contribution in [-0.2, 0) is 6.42 Å². The zero-order valence-corrected chi connectivity index (χ0v) is 20.0. The van der Waals surface area contributed by atoms with Gasteiger partial charge < -0.3 is 30.4 Å². The number of fused-ring (bicyclic) bond motifs is 2. The van der Waals surface area contributed by atoms with Crippen LogP contribution in [-0.4, -0.2) is 63.3 Å². The second-order valence-electron chi connectivity index (χ2n) is 8.52. The Bertz CT molecular complexity index is 1210. The Kier molecular flexibility index (Phi) is 6.83. The van der Waals surface area contributed by atoms with E-state index in [1.54, 1.807) is 6.07 Å². The van der Waals surface area contributed by atoms with E-state index in [4.69, 9.17) is 11.6 Å². The van der Waals surface area contributed by atoms with Gasteiger partial charge in [0, 0.05) is 40.3 Å². The molecule has 0 spiro atoms. The highest BCUT2D eigenvalue weighted by molar-refractivity contribution is 6.31. The number of rotatable bonds is 8. The average molecular weight is 471 g/mol. The molecule has 1 atom stereocenters. The maximum absolute atomic E-state index is 13.1. The number of carbonyl (C=O) groups is 1. The summed E-state index contributed by atoms with van der Waals surface area (Å²) in [4.78, 5) is 21.6. The highest BCUT2D eigenvalue weighted by Gasteiger charge is 2.28. The molecule has 0 radical (unpaired) electrons. The van der Waals surface area contributed by atoms with Crippen molar-refractivity contribution in [1.82, 2.24) is 20.2 Å². The number of aromatic amines is 2. The summed E-state index contributed by atoms with van der Waals surface area (Å²) >= 11 is 6.22. The first-order valence-electron chi connectivity index (χ1n) is 11.4. The number of aromatic nitrogens is 2. The van der Waals surface area contributed by atoms with Crippen LogP contribution in [0.1, 0.15) is 53.1 Å². The fourth-order valence-corrected chi connectivity index (χ4v) is 4.89. The molecule has 0 fully saturated rings. The predicted molar refractivity (Wildman–Crippen MR) is 132 cm³/mol. The molecule has 5 N–H and O–H groups in total. The maximum Gasteiger partial charge on any atom is 0.253 e. The third kappa shape index (κ3) is 4.53. The number of nitrogens with zero attached hydrogens (tertiary/aromatic N) is 1. The van der Waals surface area contributed by atoms with Crippen LogP contribution < -0.4 is 5.32 Å². The smallest absolute Gasteiger partial charge is 0.253 e. The van der Waals surface area contributed by atoms with Crippen LogP contribution in [0.4, 0.5) is 0 Å². The molecule has 1 aliphatic rings.